The smallest absolute Gasteiger partial charge is 0.0526 e. The van der Waals surface area contributed by atoms with Crippen molar-refractivity contribution in [1.82, 2.24) is 5.32 Å². The van der Waals surface area contributed by atoms with Gasteiger partial charge in [-0.2, -0.15) is 0 Å². The zero-order valence-corrected chi connectivity index (χ0v) is 10.3. The van der Waals surface area contributed by atoms with Gasteiger partial charge in [0.25, 0.3) is 0 Å². The van der Waals surface area contributed by atoms with Crippen LogP contribution < -0.4 is 5.32 Å². The number of aliphatic hydroxyl groups is 1. The van der Waals surface area contributed by atoms with Crippen molar-refractivity contribution in [2.75, 3.05) is 6.54 Å². The van der Waals surface area contributed by atoms with E-state index < -0.39 is 0 Å². The summed E-state index contributed by atoms with van der Waals surface area (Å²) >= 11 is 0. The normalized spacial score (nSPS) is 14.7. The topological polar surface area (TPSA) is 32.3 Å². The largest absolute Gasteiger partial charge is 0.393 e. The Bertz CT molecular complexity index is 271. The lowest BCUT2D eigenvalue weighted by Gasteiger charge is -2.15. The Morgan fingerprint density at radius 1 is 1.19 bits per heavy atom. The van der Waals surface area contributed by atoms with E-state index >= 15 is 0 Å². The van der Waals surface area contributed by atoms with Crippen LogP contribution in [0.4, 0.5) is 0 Å². The Hall–Kier alpha value is -0.860. The molecule has 0 spiro atoms. The van der Waals surface area contributed by atoms with Crippen LogP contribution in [0.25, 0.3) is 0 Å². The van der Waals surface area contributed by atoms with Gasteiger partial charge >= 0.3 is 0 Å². The van der Waals surface area contributed by atoms with E-state index in [-0.39, 0.29) is 6.10 Å². The number of hydrogen-bond donors (Lipinski definition) is 2. The predicted octanol–water partition coefficient (Wildman–Crippen LogP) is 2.37. The van der Waals surface area contributed by atoms with Gasteiger partial charge in [0.1, 0.15) is 0 Å². The quantitative estimate of drug-likeness (QED) is 0.693. The van der Waals surface area contributed by atoms with E-state index in [1.807, 2.05) is 13.0 Å². The lowest BCUT2D eigenvalue weighted by Crippen LogP contribution is -2.30. The molecule has 2 N–H and O–H groups in total. The highest BCUT2D eigenvalue weighted by Crippen LogP contribution is 2.02. The first-order valence-electron chi connectivity index (χ1n) is 6.14. The number of rotatable bonds is 7. The van der Waals surface area contributed by atoms with Crippen molar-refractivity contribution >= 4 is 0 Å². The zero-order valence-electron chi connectivity index (χ0n) is 10.3. The second-order valence-corrected chi connectivity index (χ2v) is 4.53. The van der Waals surface area contributed by atoms with Crippen molar-refractivity contribution in [1.29, 1.82) is 0 Å². The molecule has 2 heteroatoms. The van der Waals surface area contributed by atoms with Gasteiger partial charge in [0.05, 0.1) is 6.10 Å². The molecule has 0 heterocycles. The van der Waals surface area contributed by atoms with Crippen LogP contribution >= 0.6 is 0 Å². The van der Waals surface area contributed by atoms with Crippen LogP contribution in [0, 0.1) is 0 Å². The van der Waals surface area contributed by atoms with Crippen molar-refractivity contribution < 1.29 is 5.11 Å². The minimum absolute atomic E-state index is 0.211. The molecule has 1 rings (SSSR count). The Morgan fingerprint density at radius 3 is 2.50 bits per heavy atom. The highest BCUT2D eigenvalue weighted by Gasteiger charge is 2.04. The average molecular weight is 221 g/mol. The molecule has 16 heavy (non-hydrogen) atoms. The molecule has 0 saturated heterocycles. The fraction of sp³-hybridized carbons (Fsp3) is 0.571. The molecule has 0 saturated carbocycles. The van der Waals surface area contributed by atoms with Gasteiger partial charge in [-0.25, -0.2) is 0 Å². The summed E-state index contributed by atoms with van der Waals surface area (Å²) in [5.41, 5.74) is 1.40. The summed E-state index contributed by atoms with van der Waals surface area (Å²) in [6, 6.07) is 10.9. The van der Waals surface area contributed by atoms with E-state index in [1.165, 1.54) is 5.56 Å². The third kappa shape index (κ3) is 5.89. The van der Waals surface area contributed by atoms with E-state index in [4.69, 9.17) is 0 Å². The van der Waals surface area contributed by atoms with Crippen molar-refractivity contribution in [3.05, 3.63) is 35.9 Å². The molecule has 2 atom stereocenters. The third-order valence-electron chi connectivity index (χ3n) is 2.67. The van der Waals surface area contributed by atoms with Crippen LogP contribution in [0.3, 0.4) is 0 Å². The number of nitrogens with one attached hydrogen (secondary N) is 1. The first-order valence-corrected chi connectivity index (χ1v) is 6.14. The van der Waals surface area contributed by atoms with Crippen molar-refractivity contribution in [2.45, 2.75) is 45.3 Å². The number of hydrogen-bond acceptors (Lipinski definition) is 2. The monoisotopic (exact) mass is 221 g/mol. The highest BCUT2D eigenvalue weighted by atomic mass is 16.3. The van der Waals surface area contributed by atoms with Crippen LogP contribution in [0.5, 0.6) is 0 Å². The number of aryl methyl sites for hydroxylation is 1. The molecule has 0 radical (unpaired) electrons. The SMILES string of the molecule is CC(O)CC(C)NCCCc1ccccc1. The summed E-state index contributed by atoms with van der Waals surface area (Å²) in [6.45, 7) is 4.97. The summed E-state index contributed by atoms with van der Waals surface area (Å²) < 4.78 is 0. The van der Waals surface area contributed by atoms with Gasteiger partial charge in [0, 0.05) is 6.04 Å². The first kappa shape index (κ1) is 13.2. The fourth-order valence-electron chi connectivity index (χ4n) is 1.88. The van der Waals surface area contributed by atoms with Gasteiger partial charge in [-0.1, -0.05) is 30.3 Å². The summed E-state index contributed by atoms with van der Waals surface area (Å²) in [7, 11) is 0. The predicted molar refractivity (Wildman–Crippen MR) is 68.5 cm³/mol. The van der Waals surface area contributed by atoms with Crippen LogP contribution in [-0.4, -0.2) is 23.8 Å². The standard InChI is InChI=1S/C14H23NO/c1-12(11-13(2)16)15-10-6-9-14-7-4-3-5-8-14/h3-5,7-8,12-13,15-16H,6,9-11H2,1-2H3. The molecular formula is C14H23NO. The fourth-order valence-corrected chi connectivity index (χ4v) is 1.88. The molecule has 0 fully saturated rings. The zero-order chi connectivity index (χ0) is 11.8. The maximum absolute atomic E-state index is 9.22. The van der Waals surface area contributed by atoms with Crippen molar-refractivity contribution in [2.24, 2.45) is 0 Å². The maximum atomic E-state index is 9.22. The van der Waals surface area contributed by atoms with Gasteiger partial charge in [-0.3, -0.25) is 0 Å². The van der Waals surface area contributed by atoms with Gasteiger partial charge in [-0.05, 0) is 45.2 Å². The second-order valence-electron chi connectivity index (χ2n) is 4.53. The van der Waals surface area contributed by atoms with Crippen LogP contribution in [0.1, 0.15) is 32.3 Å². The Kier molecular flexibility index (Phi) is 6.12. The summed E-state index contributed by atoms with van der Waals surface area (Å²) in [5.74, 6) is 0. The average Bonchev–Trinajstić information content (AvgIpc) is 2.25. The molecule has 2 unspecified atom stereocenters. The molecular weight excluding hydrogens is 198 g/mol. The van der Waals surface area contributed by atoms with Crippen molar-refractivity contribution in [3.63, 3.8) is 0 Å². The lowest BCUT2D eigenvalue weighted by molar-refractivity contribution is 0.171. The lowest BCUT2D eigenvalue weighted by atomic mass is 10.1. The molecule has 0 aliphatic rings. The van der Waals surface area contributed by atoms with Crippen LogP contribution in [0.15, 0.2) is 30.3 Å². The Morgan fingerprint density at radius 2 is 1.88 bits per heavy atom. The molecule has 1 aromatic rings. The van der Waals surface area contributed by atoms with E-state index in [1.54, 1.807) is 0 Å². The molecule has 0 bridgehead atoms. The minimum Gasteiger partial charge on any atom is -0.393 e. The van der Waals surface area contributed by atoms with E-state index in [9.17, 15) is 5.11 Å². The van der Waals surface area contributed by atoms with Crippen LogP contribution in [-0.2, 0) is 6.42 Å². The molecule has 0 amide bonds. The molecule has 0 aliphatic carbocycles. The second kappa shape index (κ2) is 7.42. The first-order chi connectivity index (χ1) is 7.68. The summed E-state index contributed by atoms with van der Waals surface area (Å²) in [4.78, 5) is 0. The molecule has 1 aromatic carbocycles. The van der Waals surface area contributed by atoms with Gasteiger partial charge in [0.15, 0.2) is 0 Å². The van der Waals surface area contributed by atoms with E-state index in [0.717, 1.165) is 25.8 Å². The number of aliphatic hydroxyl groups excluding tert-OH is 1. The summed E-state index contributed by atoms with van der Waals surface area (Å²) in [5, 5.41) is 12.6. The molecule has 90 valence electrons. The number of benzene rings is 1. The minimum atomic E-state index is -0.211. The molecule has 0 aliphatic heterocycles. The van der Waals surface area contributed by atoms with Gasteiger partial charge < -0.3 is 10.4 Å². The third-order valence-corrected chi connectivity index (χ3v) is 2.67. The van der Waals surface area contributed by atoms with Gasteiger partial charge in [-0.15, -0.1) is 0 Å². The molecule has 2 nitrogen and oxygen atoms in total. The molecule has 0 aromatic heterocycles. The van der Waals surface area contributed by atoms with E-state index in [0.29, 0.717) is 6.04 Å². The Labute approximate surface area is 98.7 Å². The highest BCUT2D eigenvalue weighted by molar-refractivity contribution is 5.14. The maximum Gasteiger partial charge on any atom is 0.0526 e. The van der Waals surface area contributed by atoms with Crippen LogP contribution in [0.2, 0.25) is 0 Å². The van der Waals surface area contributed by atoms with Crippen molar-refractivity contribution in [3.8, 4) is 0 Å². The van der Waals surface area contributed by atoms with E-state index in [2.05, 4.69) is 36.5 Å². The summed E-state index contributed by atoms with van der Waals surface area (Å²) in [6.07, 6.45) is 2.88. The van der Waals surface area contributed by atoms with Gasteiger partial charge in [0.2, 0.25) is 0 Å². The Balaban J connectivity index is 2.08.